The highest BCUT2D eigenvalue weighted by atomic mass is 16.3. The highest BCUT2D eigenvalue weighted by molar-refractivity contribution is 6.53. The molecule has 17 heavy (non-hydrogen) atoms. The minimum Gasteiger partial charge on any atom is -0.463 e. The third kappa shape index (κ3) is 1.22. The highest BCUT2D eigenvalue weighted by Crippen LogP contribution is 2.36. The van der Waals surface area contributed by atoms with E-state index in [1.807, 2.05) is 19.1 Å². The van der Waals surface area contributed by atoms with E-state index in [-0.39, 0.29) is 0 Å². The van der Waals surface area contributed by atoms with Gasteiger partial charge in [0, 0.05) is 11.1 Å². The Hall–Kier alpha value is -2.16. The van der Waals surface area contributed by atoms with Gasteiger partial charge in [-0.3, -0.25) is 9.59 Å². The number of aryl methyl sites for hydroxylation is 2. The van der Waals surface area contributed by atoms with E-state index in [2.05, 4.69) is 0 Å². The third-order valence-electron chi connectivity index (χ3n) is 3.07. The van der Waals surface area contributed by atoms with Crippen LogP contribution in [0, 0.1) is 13.8 Å². The number of carbonyl (C=O) groups excluding carboxylic acids is 2. The second kappa shape index (κ2) is 3.17. The average Bonchev–Trinajstić information content (AvgIpc) is 2.68. The predicted molar refractivity (Wildman–Crippen MR) is 62.3 cm³/mol. The van der Waals surface area contributed by atoms with Gasteiger partial charge in [0.2, 0.25) is 11.6 Å². The Kier molecular flexibility index (Phi) is 1.87. The molecule has 3 rings (SSSR count). The lowest BCUT2D eigenvalue weighted by Crippen LogP contribution is -2.20. The fraction of sp³-hybridized carbons (Fsp3) is 0.143. The summed E-state index contributed by atoms with van der Waals surface area (Å²) in [7, 11) is 0. The number of furan rings is 1. The summed E-state index contributed by atoms with van der Waals surface area (Å²) in [5.41, 5.74) is 3.31. The Morgan fingerprint density at radius 2 is 1.76 bits per heavy atom. The number of fused-ring (bicyclic) bond motifs is 3. The Balaban J connectivity index is 2.41. The second-order valence-corrected chi connectivity index (χ2v) is 4.33. The first kappa shape index (κ1) is 10.0. The molecule has 0 amide bonds. The first-order chi connectivity index (χ1) is 8.09. The van der Waals surface area contributed by atoms with Crippen LogP contribution in [0.15, 0.2) is 28.9 Å². The molecule has 1 aromatic carbocycles. The van der Waals surface area contributed by atoms with Crippen LogP contribution in [0.5, 0.6) is 0 Å². The van der Waals surface area contributed by atoms with Crippen LogP contribution < -0.4 is 0 Å². The van der Waals surface area contributed by atoms with Gasteiger partial charge in [-0.1, -0.05) is 11.6 Å². The summed E-state index contributed by atoms with van der Waals surface area (Å²) in [6.07, 6.45) is 1.52. The number of ketones is 2. The molecule has 0 atom stereocenters. The molecule has 2 aromatic rings. The molecule has 1 aliphatic rings. The minimum absolute atomic E-state index is 0.410. The number of hydrogen-bond donors (Lipinski definition) is 0. The van der Waals surface area contributed by atoms with Gasteiger partial charge in [-0.15, -0.1) is 0 Å². The van der Waals surface area contributed by atoms with E-state index in [1.165, 1.54) is 6.26 Å². The lowest BCUT2D eigenvalue weighted by atomic mass is 9.86. The summed E-state index contributed by atoms with van der Waals surface area (Å²) in [6.45, 7) is 3.71. The van der Waals surface area contributed by atoms with Crippen molar-refractivity contribution in [3.63, 3.8) is 0 Å². The first-order valence-corrected chi connectivity index (χ1v) is 5.37. The van der Waals surface area contributed by atoms with Crippen molar-refractivity contribution in [1.29, 1.82) is 0 Å². The molecule has 0 aliphatic heterocycles. The smallest absolute Gasteiger partial charge is 0.237 e. The predicted octanol–water partition coefficient (Wildman–Crippen LogP) is 2.94. The van der Waals surface area contributed by atoms with Gasteiger partial charge in [0.05, 0.1) is 11.8 Å². The molecule has 0 fully saturated rings. The Labute approximate surface area is 98.1 Å². The van der Waals surface area contributed by atoms with Gasteiger partial charge in [-0.05, 0) is 31.5 Å². The molecule has 3 nitrogen and oxygen atoms in total. The van der Waals surface area contributed by atoms with Crippen molar-refractivity contribution in [3.05, 3.63) is 46.7 Å². The quantitative estimate of drug-likeness (QED) is 0.649. The minimum atomic E-state index is -0.470. The molecule has 0 spiro atoms. The van der Waals surface area contributed by atoms with Gasteiger partial charge in [-0.2, -0.15) is 0 Å². The van der Waals surface area contributed by atoms with Crippen molar-refractivity contribution in [2.45, 2.75) is 13.8 Å². The Morgan fingerprint density at radius 3 is 2.53 bits per heavy atom. The van der Waals surface area contributed by atoms with Crippen LogP contribution in [-0.4, -0.2) is 11.6 Å². The van der Waals surface area contributed by atoms with Gasteiger partial charge in [0.1, 0.15) is 5.76 Å². The summed E-state index contributed by atoms with van der Waals surface area (Å²) < 4.78 is 5.41. The van der Waals surface area contributed by atoms with Gasteiger partial charge in [0.15, 0.2) is 0 Å². The Morgan fingerprint density at radius 1 is 1.00 bits per heavy atom. The maximum absolute atomic E-state index is 11.9. The lowest BCUT2D eigenvalue weighted by Gasteiger charge is -2.14. The van der Waals surface area contributed by atoms with Crippen LogP contribution >= 0.6 is 0 Å². The van der Waals surface area contributed by atoms with Crippen molar-refractivity contribution < 1.29 is 14.0 Å². The highest BCUT2D eigenvalue weighted by Gasteiger charge is 2.34. The molecule has 0 bridgehead atoms. The van der Waals surface area contributed by atoms with Crippen LogP contribution in [0.25, 0.3) is 11.3 Å². The van der Waals surface area contributed by atoms with Crippen molar-refractivity contribution >= 4 is 11.6 Å². The molecule has 1 heterocycles. The van der Waals surface area contributed by atoms with Gasteiger partial charge in [-0.25, -0.2) is 0 Å². The van der Waals surface area contributed by atoms with Crippen molar-refractivity contribution in [1.82, 2.24) is 0 Å². The summed E-state index contributed by atoms with van der Waals surface area (Å²) in [5, 5.41) is 0. The molecule has 0 radical (unpaired) electrons. The maximum atomic E-state index is 11.9. The van der Waals surface area contributed by atoms with Gasteiger partial charge < -0.3 is 4.42 Å². The fourth-order valence-corrected chi connectivity index (χ4v) is 2.20. The molecule has 0 saturated heterocycles. The van der Waals surface area contributed by atoms with Crippen LogP contribution in [0.2, 0.25) is 0 Å². The average molecular weight is 226 g/mol. The van der Waals surface area contributed by atoms with Gasteiger partial charge in [0.25, 0.3) is 0 Å². The van der Waals surface area contributed by atoms with Crippen LogP contribution in [0.1, 0.15) is 31.8 Å². The molecule has 1 aromatic heterocycles. The van der Waals surface area contributed by atoms with E-state index in [0.29, 0.717) is 22.5 Å². The van der Waals surface area contributed by atoms with E-state index in [1.54, 1.807) is 13.0 Å². The zero-order valence-electron chi connectivity index (χ0n) is 9.53. The second-order valence-electron chi connectivity index (χ2n) is 4.33. The van der Waals surface area contributed by atoms with E-state index in [9.17, 15) is 9.59 Å². The molecular formula is C14H10O3. The SMILES string of the molecule is Cc1ccc2c(c1)-c1occ(C)c1C(=O)C2=O. The van der Waals surface area contributed by atoms with Crippen molar-refractivity contribution in [2.24, 2.45) is 0 Å². The zero-order valence-corrected chi connectivity index (χ0v) is 9.53. The topological polar surface area (TPSA) is 47.3 Å². The number of benzene rings is 1. The maximum Gasteiger partial charge on any atom is 0.237 e. The van der Waals surface area contributed by atoms with E-state index in [4.69, 9.17) is 4.42 Å². The van der Waals surface area contributed by atoms with Crippen LogP contribution in [0.3, 0.4) is 0 Å². The van der Waals surface area contributed by atoms with E-state index in [0.717, 1.165) is 11.1 Å². The summed E-state index contributed by atoms with van der Waals surface area (Å²) in [4.78, 5) is 23.9. The van der Waals surface area contributed by atoms with Crippen LogP contribution in [0.4, 0.5) is 0 Å². The molecule has 84 valence electrons. The zero-order chi connectivity index (χ0) is 12.2. The number of hydrogen-bond acceptors (Lipinski definition) is 3. The largest absolute Gasteiger partial charge is 0.463 e. The Bertz CT molecular complexity index is 662. The third-order valence-corrected chi connectivity index (χ3v) is 3.07. The summed E-state index contributed by atoms with van der Waals surface area (Å²) in [6, 6.07) is 5.39. The molecule has 0 unspecified atom stereocenters. The summed E-state index contributed by atoms with van der Waals surface area (Å²) in [5.74, 6) is -0.398. The molecular weight excluding hydrogens is 216 g/mol. The standard InChI is InChI=1S/C14H10O3/c1-7-3-4-9-10(5-7)14-11(8(2)6-17-14)13(16)12(9)15/h3-6H,1-2H3. The molecule has 1 aliphatic carbocycles. The number of Topliss-reactive ketones (excluding diaryl/α,β-unsaturated/α-hetero) is 2. The monoisotopic (exact) mass is 226 g/mol. The van der Waals surface area contributed by atoms with Crippen molar-refractivity contribution in [2.75, 3.05) is 0 Å². The van der Waals surface area contributed by atoms with E-state index >= 15 is 0 Å². The van der Waals surface area contributed by atoms with Crippen molar-refractivity contribution in [3.8, 4) is 11.3 Å². The van der Waals surface area contributed by atoms with Gasteiger partial charge >= 0.3 is 0 Å². The molecule has 0 saturated carbocycles. The molecule has 0 N–H and O–H groups in total. The number of rotatable bonds is 0. The number of carbonyl (C=O) groups is 2. The first-order valence-electron chi connectivity index (χ1n) is 5.37. The van der Waals surface area contributed by atoms with E-state index < -0.39 is 11.6 Å². The lowest BCUT2D eigenvalue weighted by molar-refractivity contribution is 0.0814. The molecule has 3 heteroatoms. The summed E-state index contributed by atoms with van der Waals surface area (Å²) >= 11 is 0. The normalized spacial score (nSPS) is 13.5. The fourth-order valence-electron chi connectivity index (χ4n) is 2.20. The van der Waals surface area contributed by atoms with Crippen LogP contribution in [-0.2, 0) is 0 Å².